The predicted molar refractivity (Wildman–Crippen MR) is 104 cm³/mol. The first-order valence-electron chi connectivity index (χ1n) is 7.73. The monoisotopic (exact) mass is 422 g/mol. The molecule has 0 aliphatic heterocycles. The SMILES string of the molecule is CN(C)Cc1c(O)c(Br)cc2c1c(C(=O)O)c(Cc1cccs1)n2C. The van der Waals surface area contributed by atoms with Crippen molar-refractivity contribution in [3.63, 3.8) is 0 Å². The summed E-state index contributed by atoms with van der Waals surface area (Å²) in [6, 6.07) is 5.75. The molecule has 3 aromatic rings. The van der Waals surface area contributed by atoms with Gasteiger partial charge in [0.1, 0.15) is 5.75 Å². The summed E-state index contributed by atoms with van der Waals surface area (Å²) in [4.78, 5) is 15.1. The number of hydrogen-bond donors (Lipinski definition) is 2. The minimum absolute atomic E-state index is 0.0944. The van der Waals surface area contributed by atoms with Crippen molar-refractivity contribution >= 4 is 44.1 Å². The largest absolute Gasteiger partial charge is 0.506 e. The number of hydrogen-bond acceptors (Lipinski definition) is 4. The number of thiophene rings is 1. The van der Waals surface area contributed by atoms with Gasteiger partial charge in [0, 0.05) is 41.5 Å². The Kier molecular flexibility index (Phi) is 4.90. The second-order valence-corrected chi connectivity index (χ2v) is 8.15. The van der Waals surface area contributed by atoms with Crippen LogP contribution < -0.4 is 0 Å². The normalized spacial score (nSPS) is 11.6. The van der Waals surface area contributed by atoms with E-state index >= 15 is 0 Å². The van der Waals surface area contributed by atoms with Crippen LogP contribution in [-0.4, -0.2) is 39.7 Å². The minimum atomic E-state index is -0.973. The van der Waals surface area contributed by atoms with Gasteiger partial charge in [-0.25, -0.2) is 4.79 Å². The Hall–Kier alpha value is -1.83. The van der Waals surface area contributed by atoms with Gasteiger partial charge in [0.25, 0.3) is 0 Å². The molecular weight excluding hydrogens is 404 g/mol. The zero-order valence-corrected chi connectivity index (χ0v) is 16.6. The highest BCUT2D eigenvalue weighted by atomic mass is 79.9. The lowest BCUT2D eigenvalue weighted by molar-refractivity contribution is 0.0697. The lowest BCUT2D eigenvalue weighted by Gasteiger charge is -2.14. The maximum Gasteiger partial charge on any atom is 0.338 e. The first kappa shape index (κ1) is 18.0. The maximum absolute atomic E-state index is 12.1. The number of halogens is 1. The third-order valence-corrected chi connectivity index (χ3v) is 5.73. The van der Waals surface area contributed by atoms with Crippen LogP contribution in [0.2, 0.25) is 0 Å². The molecule has 0 amide bonds. The molecule has 2 heterocycles. The molecule has 0 radical (unpaired) electrons. The number of fused-ring (bicyclic) bond motifs is 1. The molecule has 5 nitrogen and oxygen atoms in total. The van der Waals surface area contributed by atoms with Gasteiger partial charge in [-0.3, -0.25) is 0 Å². The van der Waals surface area contributed by atoms with Gasteiger partial charge in [-0.05, 0) is 47.5 Å². The predicted octanol–water partition coefficient (Wildman–Crippen LogP) is 4.06. The van der Waals surface area contributed by atoms with Crippen molar-refractivity contribution in [2.45, 2.75) is 13.0 Å². The van der Waals surface area contributed by atoms with Gasteiger partial charge in [0.05, 0.1) is 15.6 Å². The van der Waals surface area contributed by atoms with E-state index in [1.165, 1.54) is 0 Å². The number of aromatic nitrogens is 1. The summed E-state index contributed by atoms with van der Waals surface area (Å²) in [5.74, 6) is -0.879. The number of nitrogens with zero attached hydrogens (tertiary/aromatic N) is 2. The van der Waals surface area contributed by atoms with Crippen molar-refractivity contribution < 1.29 is 15.0 Å². The zero-order chi connectivity index (χ0) is 18.3. The van der Waals surface area contributed by atoms with E-state index in [9.17, 15) is 15.0 Å². The number of aromatic hydroxyl groups is 1. The van der Waals surface area contributed by atoms with Crippen LogP contribution in [0.25, 0.3) is 10.9 Å². The van der Waals surface area contributed by atoms with Crippen LogP contribution >= 0.6 is 27.3 Å². The number of aryl methyl sites for hydroxylation is 1. The summed E-state index contributed by atoms with van der Waals surface area (Å²) in [6.07, 6.45) is 0.546. The summed E-state index contributed by atoms with van der Waals surface area (Å²) < 4.78 is 2.49. The third kappa shape index (κ3) is 3.19. The molecule has 0 atom stereocenters. The van der Waals surface area contributed by atoms with Crippen LogP contribution in [0.4, 0.5) is 0 Å². The van der Waals surface area contributed by atoms with Crippen molar-refractivity contribution in [2.24, 2.45) is 7.05 Å². The Morgan fingerprint density at radius 2 is 2.12 bits per heavy atom. The second kappa shape index (κ2) is 6.82. The van der Waals surface area contributed by atoms with E-state index in [0.717, 1.165) is 16.1 Å². The van der Waals surface area contributed by atoms with Crippen molar-refractivity contribution in [1.29, 1.82) is 0 Å². The number of benzene rings is 1. The molecule has 132 valence electrons. The van der Waals surface area contributed by atoms with Crippen molar-refractivity contribution in [2.75, 3.05) is 14.1 Å². The van der Waals surface area contributed by atoms with Crippen molar-refractivity contribution in [3.8, 4) is 5.75 Å². The molecule has 0 aliphatic carbocycles. The second-order valence-electron chi connectivity index (χ2n) is 6.26. The Labute approximate surface area is 158 Å². The molecule has 0 unspecified atom stereocenters. The number of phenols is 1. The molecule has 3 rings (SSSR count). The first-order valence-corrected chi connectivity index (χ1v) is 9.40. The Morgan fingerprint density at radius 3 is 2.68 bits per heavy atom. The summed E-state index contributed by atoms with van der Waals surface area (Å²) in [7, 11) is 5.66. The molecular formula is C18H19BrN2O3S. The van der Waals surface area contributed by atoms with Gasteiger partial charge in [-0.2, -0.15) is 0 Å². The lowest BCUT2D eigenvalue weighted by atomic mass is 10.0. The van der Waals surface area contributed by atoms with Gasteiger partial charge < -0.3 is 19.7 Å². The Morgan fingerprint density at radius 1 is 1.40 bits per heavy atom. The molecule has 2 aromatic heterocycles. The quantitative estimate of drug-likeness (QED) is 0.650. The molecule has 0 bridgehead atoms. The van der Waals surface area contributed by atoms with E-state index in [-0.39, 0.29) is 11.3 Å². The van der Waals surface area contributed by atoms with Crippen LogP contribution in [0.15, 0.2) is 28.1 Å². The van der Waals surface area contributed by atoms with Crippen LogP contribution in [0.1, 0.15) is 26.5 Å². The number of rotatable bonds is 5. The van der Waals surface area contributed by atoms with Gasteiger partial charge in [-0.1, -0.05) is 6.07 Å². The van der Waals surface area contributed by atoms with E-state index in [1.807, 2.05) is 48.1 Å². The van der Waals surface area contributed by atoms with Gasteiger partial charge in [0.2, 0.25) is 0 Å². The lowest BCUT2D eigenvalue weighted by Crippen LogP contribution is -2.12. The number of carbonyl (C=O) groups is 1. The molecule has 7 heteroatoms. The fourth-order valence-electron chi connectivity index (χ4n) is 3.16. The molecule has 0 aliphatic rings. The molecule has 2 N–H and O–H groups in total. The fourth-order valence-corrected chi connectivity index (χ4v) is 4.33. The van der Waals surface area contributed by atoms with Crippen LogP contribution in [0.3, 0.4) is 0 Å². The van der Waals surface area contributed by atoms with E-state index in [1.54, 1.807) is 17.4 Å². The molecule has 0 spiro atoms. The standard InChI is InChI=1S/C18H19BrN2O3S/c1-20(2)9-11-15-14(8-12(19)17(11)22)21(3)13(16(15)18(23)24)7-10-5-4-6-25-10/h4-6,8,22H,7,9H2,1-3H3,(H,23,24). The summed E-state index contributed by atoms with van der Waals surface area (Å²) in [5.41, 5.74) is 2.43. The van der Waals surface area contributed by atoms with E-state index < -0.39 is 5.97 Å². The smallest absolute Gasteiger partial charge is 0.338 e. The van der Waals surface area contributed by atoms with Crippen molar-refractivity contribution in [3.05, 3.63) is 49.7 Å². The highest BCUT2D eigenvalue weighted by molar-refractivity contribution is 9.10. The third-order valence-electron chi connectivity index (χ3n) is 4.25. The minimum Gasteiger partial charge on any atom is -0.506 e. The number of aromatic carboxylic acids is 1. The average molecular weight is 423 g/mol. The van der Waals surface area contributed by atoms with Crippen LogP contribution in [0.5, 0.6) is 5.75 Å². The molecule has 0 fully saturated rings. The van der Waals surface area contributed by atoms with Crippen molar-refractivity contribution in [1.82, 2.24) is 9.47 Å². The van der Waals surface area contributed by atoms with E-state index in [4.69, 9.17) is 0 Å². The molecule has 0 saturated heterocycles. The highest BCUT2D eigenvalue weighted by Crippen LogP contribution is 2.40. The number of carboxylic acids is 1. The van der Waals surface area contributed by atoms with Crippen LogP contribution in [0, 0.1) is 0 Å². The molecule has 25 heavy (non-hydrogen) atoms. The zero-order valence-electron chi connectivity index (χ0n) is 14.2. The average Bonchev–Trinajstić information content (AvgIpc) is 3.12. The maximum atomic E-state index is 12.1. The first-order chi connectivity index (χ1) is 11.8. The summed E-state index contributed by atoms with van der Waals surface area (Å²) >= 11 is 5.00. The van der Waals surface area contributed by atoms with Gasteiger partial charge >= 0.3 is 5.97 Å². The molecule has 1 aromatic carbocycles. The fraction of sp³-hybridized carbons (Fsp3) is 0.278. The van der Waals surface area contributed by atoms with Gasteiger partial charge in [0.15, 0.2) is 0 Å². The molecule has 0 saturated carbocycles. The van der Waals surface area contributed by atoms with E-state index in [0.29, 0.717) is 28.4 Å². The summed E-state index contributed by atoms with van der Waals surface area (Å²) in [5, 5.41) is 23.0. The van der Waals surface area contributed by atoms with E-state index in [2.05, 4.69) is 15.9 Å². The summed E-state index contributed by atoms with van der Waals surface area (Å²) in [6.45, 7) is 0.449. The Balaban J connectivity index is 2.36. The Bertz CT molecular complexity index is 946. The highest BCUT2D eigenvalue weighted by Gasteiger charge is 2.26. The number of phenolic OH excluding ortho intramolecular Hbond substituents is 1. The topological polar surface area (TPSA) is 65.7 Å². The van der Waals surface area contributed by atoms with Crippen LogP contribution in [-0.2, 0) is 20.0 Å². The van der Waals surface area contributed by atoms with Gasteiger partial charge in [-0.15, -0.1) is 11.3 Å². The number of carboxylic acid groups (broad SMARTS) is 1.